The minimum atomic E-state index is -0.771. The van der Waals surface area contributed by atoms with Crippen molar-refractivity contribution in [1.82, 2.24) is 0 Å². The first kappa shape index (κ1) is 15.6. The van der Waals surface area contributed by atoms with Crippen molar-refractivity contribution in [3.8, 4) is 0 Å². The first-order chi connectivity index (χ1) is 9.99. The minimum absolute atomic E-state index is 0.177. The molecule has 114 valence electrons. The quantitative estimate of drug-likeness (QED) is 0.875. The summed E-state index contributed by atoms with van der Waals surface area (Å²) in [4.78, 5) is 24.4. The number of hydrogen-bond acceptors (Lipinski definition) is 3. The van der Waals surface area contributed by atoms with Crippen molar-refractivity contribution in [2.45, 2.75) is 25.7 Å². The summed E-state index contributed by atoms with van der Waals surface area (Å²) in [6.07, 6.45) is 2.81. The summed E-state index contributed by atoms with van der Waals surface area (Å²) in [6, 6.07) is 5.29. The molecular weight excluding hydrogens is 292 g/mol. The Balaban J connectivity index is 2.16. The Bertz CT molecular complexity index is 548. The summed E-state index contributed by atoms with van der Waals surface area (Å²) in [7, 11) is 0. The molecule has 1 heterocycles. The third kappa shape index (κ3) is 3.88. The van der Waals surface area contributed by atoms with E-state index in [0.29, 0.717) is 22.9 Å². The molecule has 1 aliphatic heterocycles. The van der Waals surface area contributed by atoms with Gasteiger partial charge in [-0.15, -0.1) is 0 Å². The van der Waals surface area contributed by atoms with Crippen molar-refractivity contribution in [3.05, 3.63) is 28.8 Å². The fraction of sp³-hybridized carbons (Fsp3) is 0.467. The van der Waals surface area contributed by atoms with Crippen LogP contribution in [0.15, 0.2) is 18.2 Å². The molecule has 0 bridgehead atoms. The fourth-order valence-electron chi connectivity index (χ4n) is 2.87. The Hall–Kier alpha value is -1.75. The van der Waals surface area contributed by atoms with E-state index in [9.17, 15) is 9.59 Å². The number of carbonyl (C=O) groups excluding carboxylic acids is 1. The number of hydrogen-bond donors (Lipinski definition) is 2. The number of primary amides is 1. The zero-order valence-corrected chi connectivity index (χ0v) is 12.5. The smallest absolute Gasteiger partial charge is 0.303 e. The Morgan fingerprint density at radius 2 is 2.19 bits per heavy atom. The van der Waals surface area contributed by atoms with Gasteiger partial charge in [0.2, 0.25) is 0 Å². The van der Waals surface area contributed by atoms with E-state index in [4.69, 9.17) is 22.4 Å². The molecule has 3 N–H and O–H groups in total. The Morgan fingerprint density at radius 3 is 2.86 bits per heavy atom. The number of rotatable bonds is 5. The molecule has 0 aliphatic carbocycles. The van der Waals surface area contributed by atoms with Gasteiger partial charge in [0.1, 0.15) is 0 Å². The van der Waals surface area contributed by atoms with Gasteiger partial charge in [-0.05, 0) is 37.3 Å². The summed E-state index contributed by atoms with van der Waals surface area (Å²) in [6.45, 7) is 1.55. The van der Waals surface area contributed by atoms with Crippen LogP contribution in [0.5, 0.6) is 0 Å². The highest BCUT2D eigenvalue weighted by molar-refractivity contribution is 6.34. The van der Waals surface area contributed by atoms with Crippen molar-refractivity contribution in [3.63, 3.8) is 0 Å². The molecule has 1 saturated heterocycles. The number of benzene rings is 1. The van der Waals surface area contributed by atoms with Crippen LogP contribution in [0.2, 0.25) is 5.02 Å². The molecule has 0 radical (unpaired) electrons. The standard InChI is InChI=1S/C15H19ClN2O3/c16-11-4-1-5-12(14(11)15(17)21)18-8-2-3-10(9-18)6-7-13(19)20/h1,4-5,10H,2-3,6-9H2,(H2,17,21)(H,19,20). The van der Waals surface area contributed by atoms with Gasteiger partial charge in [0.15, 0.2) is 0 Å². The molecule has 0 aromatic heterocycles. The molecule has 21 heavy (non-hydrogen) atoms. The van der Waals surface area contributed by atoms with E-state index in [2.05, 4.69) is 4.90 Å². The number of nitrogens with zero attached hydrogens (tertiary/aromatic N) is 1. The van der Waals surface area contributed by atoms with Gasteiger partial charge in [-0.25, -0.2) is 0 Å². The monoisotopic (exact) mass is 310 g/mol. The van der Waals surface area contributed by atoms with Crippen LogP contribution in [0.1, 0.15) is 36.0 Å². The number of carboxylic acid groups (broad SMARTS) is 1. The van der Waals surface area contributed by atoms with Crippen molar-refractivity contribution in [2.24, 2.45) is 11.7 Å². The molecule has 6 heteroatoms. The van der Waals surface area contributed by atoms with E-state index in [1.54, 1.807) is 12.1 Å². The topological polar surface area (TPSA) is 83.6 Å². The lowest BCUT2D eigenvalue weighted by atomic mass is 9.92. The lowest BCUT2D eigenvalue weighted by molar-refractivity contribution is -0.137. The van der Waals surface area contributed by atoms with Crippen molar-refractivity contribution in [2.75, 3.05) is 18.0 Å². The number of anilines is 1. The van der Waals surface area contributed by atoms with Crippen LogP contribution in [-0.2, 0) is 4.79 Å². The zero-order chi connectivity index (χ0) is 15.4. The van der Waals surface area contributed by atoms with E-state index >= 15 is 0 Å². The van der Waals surface area contributed by atoms with Crippen LogP contribution in [0.25, 0.3) is 0 Å². The van der Waals surface area contributed by atoms with Gasteiger partial charge in [0, 0.05) is 19.5 Å². The lowest BCUT2D eigenvalue weighted by Gasteiger charge is -2.35. The summed E-state index contributed by atoms with van der Waals surface area (Å²) in [5.41, 5.74) is 6.52. The molecule has 1 aromatic rings. The van der Waals surface area contributed by atoms with E-state index in [1.165, 1.54) is 0 Å². The second kappa shape index (κ2) is 6.80. The number of halogens is 1. The molecule has 1 atom stereocenters. The summed E-state index contributed by atoms with van der Waals surface area (Å²) < 4.78 is 0. The van der Waals surface area contributed by atoms with E-state index < -0.39 is 11.9 Å². The van der Waals surface area contributed by atoms with Crippen LogP contribution in [-0.4, -0.2) is 30.1 Å². The average molecular weight is 311 g/mol. The molecule has 2 rings (SSSR count). The predicted molar refractivity (Wildman–Crippen MR) is 81.8 cm³/mol. The van der Waals surface area contributed by atoms with Crippen LogP contribution >= 0.6 is 11.6 Å². The maximum atomic E-state index is 11.6. The van der Waals surface area contributed by atoms with Crippen molar-refractivity contribution >= 4 is 29.2 Å². The van der Waals surface area contributed by atoms with Gasteiger partial charge >= 0.3 is 5.97 Å². The number of carbonyl (C=O) groups is 2. The lowest BCUT2D eigenvalue weighted by Crippen LogP contribution is -2.37. The van der Waals surface area contributed by atoms with Gasteiger partial charge in [0.05, 0.1) is 16.3 Å². The molecule has 1 aliphatic rings. The number of nitrogens with two attached hydrogens (primary N) is 1. The third-order valence-corrected chi connectivity index (χ3v) is 4.18. The maximum absolute atomic E-state index is 11.6. The average Bonchev–Trinajstić information content (AvgIpc) is 2.44. The number of piperidine rings is 1. The molecule has 1 fully saturated rings. The Labute approximate surface area is 128 Å². The maximum Gasteiger partial charge on any atom is 0.303 e. The number of amides is 1. The van der Waals surface area contributed by atoms with E-state index in [-0.39, 0.29) is 6.42 Å². The summed E-state index contributed by atoms with van der Waals surface area (Å²) in [5.74, 6) is -0.995. The van der Waals surface area contributed by atoms with Gasteiger partial charge < -0.3 is 15.7 Å². The Kier molecular flexibility index (Phi) is 5.07. The van der Waals surface area contributed by atoms with Crippen LogP contribution in [0.3, 0.4) is 0 Å². The van der Waals surface area contributed by atoms with Gasteiger partial charge in [0.25, 0.3) is 5.91 Å². The number of carboxylic acids is 1. The predicted octanol–water partition coefficient (Wildman–Crippen LogP) is 2.52. The van der Waals surface area contributed by atoms with Gasteiger partial charge in [-0.2, -0.15) is 0 Å². The first-order valence-electron chi connectivity index (χ1n) is 7.04. The van der Waals surface area contributed by atoms with Crippen LogP contribution < -0.4 is 10.6 Å². The highest BCUT2D eigenvalue weighted by Gasteiger charge is 2.24. The molecule has 1 unspecified atom stereocenters. The normalized spacial score (nSPS) is 18.5. The van der Waals surface area contributed by atoms with E-state index in [1.807, 2.05) is 6.07 Å². The van der Waals surface area contributed by atoms with Crippen LogP contribution in [0.4, 0.5) is 5.69 Å². The third-order valence-electron chi connectivity index (χ3n) is 3.86. The molecular formula is C15H19ClN2O3. The fourth-order valence-corrected chi connectivity index (χ4v) is 3.13. The van der Waals surface area contributed by atoms with Gasteiger partial charge in [-0.1, -0.05) is 17.7 Å². The number of aliphatic carboxylic acids is 1. The molecule has 5 nitrogen and oxygen atoms in total. The molecule has 0 saturated carbocycles. The SMILES string of the molecule is NC(=O)c1c(Cl)cccc1N1CCCC(CCC(=O)O)C1. The molecule has 1 aromatic carbocycles. The largest absolute Gasteiger partial charge is 0.481 e. The highest BCUT2D eigenvalue weighted by atomic mass is 35.5. The highest BCUT2D eigenvalue weighted by Crippen LogP contribution is 2.31. The Morgan fingerprint density at radius 1 is 1.43 bits per heavy atom. The van der Waals surface area contributed by atoms with Crippen LogP contribution in [0, 0.1) is 5.92 Å². The van der Waals surface area contributed by atoms with Crippen molar-refractivity contribution < 1.29 is 14.7 Å². The second-order valence-electron chi connectivity index (χ2n) is 5.38. The zero-order valence-electron chi connectivity index (χ0n) is 11.7. The minimum Gasteiger partial charge on any atom is -0.481 e. The summed E-state index contributed by atoms with van der Waals surface area (Å²) in [5, 5.41) is 9.14. The molecule has 0 spiro atoms. The van der Waals surface area contributed by atoms with Gasteiger partial charge in [-0.3, -0.25) is 9.59 Å². The van der Waals surface area contributed by atoms with Crippen molar-refractivity contribution in [1.29, 1.82) is 0 Å². The van der Waals surface area contributed by atoms with E-state index in [0.717, 1.165) is 31.6 Å². The first-order valence-corrected chi connectivity index (χ1v) is 7.42. The summed E-state index contributed by atoms with van der Waals surface area (Å²) >= 11 is 6.08. The second-order valence-corrected chi connectivity index (χ2v) is 5.79. The molecule has 1 amide bonds.